The zero-order valence-electron chi connectivity index (χ0n) is 13.0. The van der Waals surface area contributed by atoms with Gasteiger partial charge in [-0.2, -0.15) is 0 Å². The molecule has 0 unspecified atom stereocenters. The number of carbonyl (C=O) groups excluding carboxylic acids is 1. The zero-order valence-corrected chi connectivity index (χ0v) is 13.0. The molecular formula is C18H26O2. The molecule has 2 heteroatoms. The third-order valence-electron chi connectivity index (χ3n) is 3.68. The molecule has 0 aromatic heterocycles. The summed E-state index contributed by atoms with van der Waals surface area (Å²) < 4.78 is 5.33. The van der Waals surface area contributed by atoms with Crippen LogP contribution in [0.5, 0.6) is 0 Å². The molecule has 2 nitrogen and oxygen atoms in total. The molecule has 110 valence electrons. The van der Waals surface area contributed by atoms with Crippen LogP contribution in [-0.2, 0) is 28.8 Å². The Bertz CT molecular complexity index is 469. The summed E-state index contributed by atoms with van der Waals surface area (Å²) in [4.78, 5) is 11.7. The second kappa shape index (κ2) is 6.43. The van der Waals surface area contributed by atoms with E-state index in [-0.39, 0.29) is 11.6 Å². The van der Waals surface area contributed by atoms with Gasteiger partial charge in [0.05, 0.1) is 0 Å². The molecule has 20 heavy (non-hydrogen) atoms. The first-order valence-electron chi connectivity index (χ1n) is 7.76. The van der Waals surface area contributed by atoms with Crippen molar-refractivity contribution in [2.75, 3.05) is 0 Å². The van der Waals surface area contributed by atoms with Gasteiger partial charge in [0, 0.05) is 6.42 Å². The average Bonchev–Trinajstić information content (AvgIpc) is 2.36. The van der Waals surface area contributed by atoms with Crippen molar-refractivity contribution in [3.8, 4) is 0 Å². The number of benzene rings is 1. The van der Waals surface area contributed by atoms with Gasteiger partial charge in [-0.05, 0) is 76.0 Å². The van der Waals surface area contributed by atoms with Crippen LogP contribution in [0.2, 0.25) is 0 Å². The van der Waals surface area contributed by atoms with Gasteiger partial charge in [0.1, 0.15) is 5.60 Å². The van der Waals surface area contributed by atoms with Crippen molar-refractivity contribution in [1.29, 1.82) is 0 Å². The van der Waals surface area contributed by atoms with Crippen LogP contribution in [0.15, 0.2) is 18.2 Å². The van der Waals surface area contributed by atoms with Crippen molar-refractivity contribution < 1.29 is 9.53 Å². The summed E-state index contributed by atoms with van der Waals surface area (Å²) in [6, 6.07) is 6.83. The van der Waals surface area contributed by atoms with Crippen molar-refractivity contribution in [2.45, 2.75) is 71.3 Å². The number of rotatable bonds is 4. The summed E-state index contributed by atoms with van der Waals surface area (Å²) in [6.45, 7) is 5.73. The number of ether oxygens (including phenoxy) is 1. The number of fused-ring (bicyclic) bond motifs is 1. The van der Waals surface area contributed by atoms with Gasteiger partial charge in [-0.3, -0.25) is 4.79 Å². The summed E-state index contributed by atoms with van der Waals surface area (Å²) in [5, 5.41) is 0. The van der Waals surface area contributed by atoms with Crippen LogP contribution in [0.3, 0.4) is 0 Å². The smallest absolute Gasteiger partial charge is 0.306 e. The molecule has 2 rings (SSSR count). The van der Waals surface area contributed by atoms with Crippen LogP contribution in [0.25, 0.3) is 0 Å². The van der Waals surface area contributed by atoms with E-state index in [2.05, 4.69) is 18.2 Å². The molecule has 0 radical (unpaired) electrons. The molecule has 0 aliphatic heterocycles. The molecule has 0 saturated carbocycles. The van der Waals surface area contributed by atoms with Crippen LogP contribution < -0.4 is 0 Å². The van der Waals surface area contributed by atoms with Gasteiger partial charge in [-0.1, -0.05) is 18.2 Å². The highest BCUT2D eigenvalue weighted by atomic mass is 16.6. The Kier molecular flexibility index (Phi) is 4.85. The van der Waals surface area contributed by atoms with E-state index in [1.165, 1.54) is 42.4 Å². The van der Waals surface area contributed by atoms with Crippen molar-refractivity contribution in [2.24, 2.45) is 0 Å². The maximum atomic E-state index is 11.7. The summed E-state index contributed by atoms with van der Waals surface area (Å²) in [5.74, 6) is -0.0875. The van der Waals surface area contributed by atoms with Crippen molar-refractivity contribution in [3.05, 3.63) is 34.9 Å². The lowest BCUT2D eigenvalue weighted by molar-refractivity contribution is -0.154. The predicted molar refractivity (Wildman–Crippen MR) is 81.9 cm³/mol. The molecule has 0 bridgehead atoms. The lowest BCUT2D eigenvalue weighted by atomic mass is 9.89. The number of hydrogen-bond donors (Lipinski definition) is 0. The van der Waals surface area contributed by atoms with E-state index in [4.69, 9.17) is 4.74 Å². The molecule has 1 aromatic carbocycles. The Morgan fingerprint density at radius 2 is 1.85 bits per heavy atom. The van der Waals surface area contributed by atoms with Gasteiger partial charge in [0.2, 0.25) is 0 Å². The van der Waals surface area contributed by atoms with Gasteiger partial charge in [-0.15, -0.1) is 0 Å². The highest BCUT2D eigenvalue weighted by molar-refractivity contribution is 5.69. The molecule has 0 atom stereocenters. The third kappa shape index (κ3) is 4.66. The molecule has 1 aromatic rings. The number of aryl methyl sites for hydroxylation is 3. The second-order valence-electron chi connectivity index (χ2n) is 6.75. The normalized spacial score (nSPS) is 14.8. The monoisotopic (exact) mass is 274 g/mol. The minimum Gasteiger partial charge on any atom is -0.460 e. The van der Waals surface area contributed by atoms with Gasteiger partial charge in [0.15, 0.2) is 0 Å². The topological polar surface area (TPSA) is 26.3 Å². The fourth-order valence-electron chi connectivity index (χ4n) is 2.77. The number of hydrogen-bond acceptors (Lipinski definition) is 2. The maximum Gasteiger partial charge on any atom is 0.306 e. The summed E-state index contributed by atoms with van der Waals surface area (Å²) in [7, 11) is 0. The molecule has 0 heterocycles. The van der Waals surface area contributed by atoms with Gasteiger partial charge >= 0.3 is 5.97 Å². The van der Waals surface area contributed by atoms with E-state index in [0.29, 0.717) is 6.42 Å². The molecule has 0 spiro atoms. The first kappa shape index (κ1) is 15.1. The van der Waals surface area contributed by atoms with E-state index in [1.807, 2.05) is 20.8 Å². The zero-order chi connectivity index (χ0) is 14.6. The third-order valence-corrected chi connectivity index (χ3v) is 3.68. The summed E-state index contributed by atoms with van der Waals surface area (Å²) in [6.07, 6.45) is 7.43. The largest absolute Gasteiger partial charge is 0.460 e. The Morgan fingerprint density at radius 3 is 2.55 bits per heavy atom. The predicted octanol–water partition coefficient (Wildman–Crippen LogP) is 4.23. The Hall–Kier alpha value is -1.31. The molecule has 1 aliphatic rings. The molecule has 0 saturated heterocycles. The minimum atomic E-state index is -0.372. The number of carbonyl (C=O) groups is 1. The van der Waals surface area contributed by atoms with Crippen LogP contribution >= 0.6 is 0 Å². The lowest BCUT2D eigenvalue weighted by Gasteiger charge is -2.19. The van der Waals surface area contributed by atoms with Crippen LogP contribution in [0.1, 0.15) is 63.1 Å². The van der Waals surface area contributed by atoms with E-state index >= 15 is 0 Å². The minimum absolute atomic E-state index is 0.0875. The van der Waals surface area contributed by atoms with Gasteiger partial charge in [-0.25, -0.2) is 0 Å². The Labute approximate surface area is 122 Å². The standard InChI is InChI=1S/C18H26O2/c1-18(2,3)20-17(19)10-6-7-14-11-12-15-8-4-5-9-16(15)13-14/h11-13H,4-10H2,1-3H3. The molecule has 0 fully saturated rings. The van der Waals surface area contributed by atoms with Crippen LogP contribution in [-0.4, -0.2) is 11.6 Å². The first-order valence-corrected chi connectivity index (χ1v) is 7.76. The van der Waals surface area contributed by atoms with E-state index < -0.39 is 0 Å². The highest BCUT2D eigenvalue weighted by Gasteiger charge is 2.16. The fraction of sp³-hybridized carbons (Fsp3) is 0.611. The quantitative estimate of drug-likeness (QED) is 0.768. The van der Waals surface area contributed by atoms with E-state index in [0.717, 1.165) is 12.8 Å². The van der Waals surface area contributed by atoms with E-state index in [9.17, 15) is 4.79 Å². The summed E-state index contributed by atoms with van der Waals surface area (Å²) in [5.41, 5.74) is 4.02. The molecular weight excluding hydrogens is 248 g/mol. The summed E-state index contributed by atoms with van der Waals surface area (Å²) >= 11 is 0. The lowest BCUT2D eigenvalue weighted by Crippen LogP contribution is -2.23. The van der Waals surface area contributed by atoms with Gasteiger partial charge < -0.3 is 4.74 Å². The Morgan fingerprint density at radius 1 is 1.15 bits per heavy atom. The first-order chi connectivity index (χ1) is 9.44. The highest BCUT2D eigenvalue weighted by Crippen LogP contribution is 2.23. The van der Waals surface area contributed by atoms with Crippen molar-refractivity contribution in [1.82, 2.24) is 0 Å². The molecule has 0 N–H and O–H groups in total. The number of esters is 1. The SMILES string of the molecule is CC(C)(C)OC(=O)CCCc1ccc2c(c1)CCCC2. The van der Waals surface area contributed by atoms with Gasteiger partial charge in [0.25, 0.3) is 0 Å². The fourth-order valence-corrected chi connectivity index (χ4v) is 2.77. The molecule has 0 amide bonds. The second-order valence-corrected chi connectivity index (χ2v) is 6.75. The van der Waals surface area contributed by atoms with Crippen molar-refractivity contribution in [3.63, 3.8) is 0 Å². The van der Waals surface area contributed by atoms with Crippen LogP contribution in [0, 0.1) is 0 Å². The maximum absolute atomic E-state index is 11.7. The van der Waals surface area contributed by atoms with E-state index in [1.54, 1.807) is 0 Å². The van der Waals surface area contributed by atoms with Crippen molar-refractivity contribution >= 4 is 5.97 Å². The van der Waals surface area contributed by atoms with Crippen LogP contribution in [0.4, 0.5) is 0 Å². The molecule has 1 aliphatic carbocycles. The average molecular weight is 274 g/mol. The Balaban J connectivity index is 1.81.